The highest BCUT2D eigenvalue weighted by atomic mass is 35.5. The third-order valence-corrected chi connectivity index (χ3v) is 3.08. The zero-order valence-corrected chi connectivity index (χ0v) is 9.68. The molecular weight excluding hydrogens is 231 g/mol. The minimum atomic E-state index is -0.513. The molecule has 0 spiro atoms. The Hall–Kier alpha value is -0.930. The second kappa shape index (κ2) is 4.15. The molecule has 86 valence electrons. The van der Waals surface area contributed by atoms with Crippen LogP contribution in [0.4, 0.5) is 4.39 Å². The van der Waals surface area contributed by atoms with Gasteiger partial charge in [-0.25, -0.2) is 4.39 Å². The van der Waals surface area contributed by atoms with Gasteiger partial charge in [0.05, 0.1) is 18.6 Å². The van der Waals surface area contributed by atoms with Crippen LogP contribution in [0, 0.1) is 5.82 Å². The Morgan fingerprint density at radius 2 is 2.25 bits per heavy atom. The van der Waals surface area contributed by atoms with Gasteiger partial charge in [-0.05, 0) is 25.1 Å². The van der Waals surface area contributed by atoms with Crippen LogP contribution in [-0.4, -0.2) is 19.0 Å². The SMILES string of the molecule is CC(=O)CC1(c2cc(Cl)ccc2F)COC1. The number of Topliss-reactive ketones (excluding diaryl/α,β-unsaturated/α-hetero) is 1. The van der Waals surface area contributed by atoms with E-state index in [0.717, 1.165) is 0 Å². The summed E-state index contributed by atoms with van der Waals surface area (Å²) in [5.74, 6) is -0.295. The van der Waals surface area contributed by atoms with Crippen molar-refractivity contribution in [3.05, 3.63) is 34.6 Å². The number of ether oxygens (including phenoxy) is 1. The summed E-state index contributed by atoms with van der Waals surface area (Å²) in [4.78, 5) is 11.2. The van der Waals surface area contributed by atoms with Crippen molar-refractivity contribution in [2.45, 2.75) is 18.8 Å². The van der Waals surface area contributed by atoms with Gasteiger partial charge >= 0.3 is 0 Å². The van der Waals surface area contributed by atoms with Gasteiger partial charge in [0.2, 0.25) is 0 Å². The predicted molar refractivity (Wildman–Crippen MR) is 59.2 cm³/mol. The van der Waals surface area contributed by atoms with Gasteiger partial charge in [0.25, 0.3) is 0 Å². The molecule has 4 heteroatoms. The van der Waals surface area contributed by atoms with E-state index in [9.17, 15) is 9.18 Å². The first-order valence-electron chi connectivity index (χ1n) is 5.06. The van der Waals surface area contributed by atoms with Gasteiger partial charge in [-0.3, -0.25) is 4.79 Å². The van der Waals surface area contributed by atoms with Crippen LogP contribution in [0.2, 0.25) is 5.02 Å². The lowest BCUT2D eigenvalue weighted by molar-refractivity contribution is -0.125. The first-order chi connectivity index (χ1) is 7.53. The summed E-state index contributed by atoms with van der Waals surface area (Å²) in [5.41, 5.74) is -0.0256. The van der Waals surface area contributed by atoms with E-state index >= 15 is 0 Å². The Balaban J connectivity index is 2.39. The molecule has 2 rings (SSSR count). The Morgan fingerprint density at radius 1 is 1.56 bits per heavy atom. The first kappa shape index (κ1) is 11.6. The molecule has 1 aliphatic heterocycles. The lowest BCUT2D eigenvalue weighted by atomic mass is 9.74. The molecule has 1 aliphatic rings. The normalized spacial score (nSPS) is 17.9. The van der Waals surface area contributed by atoms with Gasteiger partial charge in [0.15, 0.2) is 0 Å². The lowest BCUT2D eigenvalue weighted by Crippen LogP contribution is -2.48. The topological polar surface area (TPSA) is 26.3 Å². The van der Waals surface area contributed by atoms with Crippen molar-refractivity contribution in [1.29, 1.82) is 0 Å². The molecule has 0 atom stereocenters. The van der Waals surface area contributed by atoms with E-state index in [1.165, 1.54) is 19.1 Å². The van der Waals surface area contributed by atoms with Gasteiger partial charge in [0.1, 0.15) is 11.6 Å². The minimum absolute atomic E-state index is 0.0303. The van der Waals surface area contributed by atoms with Crippen LogP contribution < -0.4 is 0 Å². The second-order valence-corrected chi connectivity index (χ2v) is 4.71. The number of benzene rings is 1. The average molecular weight is 243 g/mol. The Morgan fingerprint density at radius 3 is 2.75 bits per heavy atom. The average Bonchev–Trinajstić information content (AvgIpc) is 2.15. The number of rotatable bonds is 3. The maximum absolute atomic E-state index is 13.7. The number of hydrogen-bond donors (Lipinski definition) is 0. The van der Waals surface area contributed by atoms with Gasteiger partial charge in [0, 0.05) is 17.0 Å². The van der Waals surface area contributed by atoms with Crippen molar-refractivity contribution in [1.82, 2.24) is 0 Å². The van der Waals surface area contributed by atoms with E-state index in [0.29, 0.717) is 30.2 Å². The van der Waals surface area contributed by atoms with Crippen molar-refractivity contribution >= 4 is 17.4 Å². The lowest BCUT2D eigenvalue weighted by Gasteiger charge is -2.41. The molecule has 1 saturated heterocycles. The monoisotopic (exact) mass is 242 g/mol. The fourth-order valence-electron chi connectivity index (χ4n) is 2.08. The molecule has 1 heterocycles. The van der Waals surface area contributed by atoms with Gasteiger partial charge in [-0.1, -0.05) is 11.6 Å². The highest BCUT2D eigenvalue weighted by molar-refractivity contribution is 6.30. The summed E-state index contributed by atoms with van der Waals surface area (Å²) in [6.07, 6.45) is 0.296. The molecule has 0 radical (unpaired) electrons. The van der Waals surface area contributed by atoms with Crippen LogP contribution in [0.25, 0.3) is 0 Å². The summed E-state index contributed by atoms with van der Waals surface area (Å²) in [6.45, 7) is 2.26. The van der Waals surface area contributed by atoms with Crippen LogP contribution in [0.1, 0.15) is 18.9 Å². The maximum Gasteiger partial charge on any atom is 0.130 e. The second-order valence-electron chi connectivity index (χ2n) is 4.28. The maximum atomic E-state index is 13.7. The highest BCUT2D eigenvalue weighted by Crippen LogP contribution is 2.38. The zero-order valence-electron chi connectivity index (χ0n) is 8.93. The number of halogens is 2. The minimum Gasteiger partial charge on any atom is -0.379 e. The Labute approximate surface area is 98.4 Å². The third-order valence-electron chi connectivity index (χ3n) is 2.84. The number of carbonyl (C=O) groups excluding carboxylic acids is 1. The predicted octanol–water partition coefficient (Wildman–Crippen LogP) is 2.73. The molecular formula is C12H12ClFO2. The van der Waals surface area contributed by atoms with Crippen molar-refractivity contribution < 1.29 is 13.9 Å². The molecule has 0 saturated carbocycles. The quantitative estimate of drug-likeness (QED) is 0.815. The van der Waals surface area contributed by atoms with E-state index in [4.69, 9.17) is 16.3 Å². The zero-order chi connectivity index (χ0) is 11.8. The largest absolute Gasteiger partial charge is 0.379 e. The smallest absolute Gasteiger partial charge is 0.130 e. The first-order valence-corrected chi connectivity index (χ1v) is 5.44. The van der Waals surface area contributed by atoms with Crippen molar-refractivity contribution in [2.75, 3.05) is 13.2 Å². The summed E-state index contributed by atoms with van der Waals surface area (Å²) in [7, 11) is 0. The van der Waals surface area contributed by atoms with Crippen molar-refractivity contribution in [2.24, 2.45) is 0 Å². The molecule has 0 aromatic heterocycles. The number of carbonyl (C=O) groups is 1. The number of hydrogen-bond acceptors (Lipinski definition) is 2. The third kappa shape index (κ3) is 1.97. The van der Waals surface area contributed by atoms with E-state index in [1.807, 2.05) is 0 Å². The molecule has 1 aromatic rings. The van der Waals surface area contributed by atoms with Gasteiger partial charge < -0.3 is 4.74 Å². The number of ketones is 1. The summed E-state index contributed by atoms with van der Waals surface area (Å²) < 4.78 is 18.8. The fourth-order valence-corrected chi connectivity index (χ4v) is 2.25. The van der Waals surface area contributed by atoms with Crippen molar-refractivity contribution in [3.63, 3.8) is 0 Å². The summed E-state index contributed by atoms with van der Waals surface area (Å²) in [6, 6.07) is 4.42. The molecule has 1 fully saturated rings. The van der Waals surface area contributed by atoms with Crippen LogP contribution in [0.5, 0.6) is 0 Å². The van der Waals surface area contributed by atoms with Crippen LogP contribution in [0.15, 0.2) is 18.2 Å². The molecule has 0 amide bonds. The van der Waals surface area contributed by atoms with E-state index in [-0.39, 0.29) is 11.6 Å². The molecule has 2 nitrogen and oxygen atoms in total. The standard InChI is InChI=1S/C12H12ClFO2/c1-8(15)5-12(6-16-7-12)10-4-9(13)2-3-11(10)14/h2-4H,5-7H2,1H3. The molecule has 16 heavy (non-hydrogen) atoms. The molecule has 0 aliphatic carbocycles. The van der Waals surface area contributed by atoms with E-state index in [1.54, 1.807) is 6.07 Å². The van der Waals surface area contributed by atoms with Gasteiger partial charge in [-0.15, -0.1) is 0 Å². The molecule has 0 unspecified atom stereocenters. The highest BCUT2D eigenvalue weighted by Gasteiger charge is 2.43. The van der Waals surface area contributed by atoms with Crippen molar-refractivity contribution in [3.8, 4) is 0 Å². The Bertz CT molecular complexity index is 427. The molecule has 0 bridgehead atoms. The van der Waals surface area contributed by atoms with Crippen LogP contribution in [-0.2, 0) is 14.9 Å². The Kier molecular flexibility index (Phi) is 3.00. The van der Waals surface area contributed by atoms with Crippen LogP contribution >= 0.6 is 11.6 Å². The molecule has 1 aromatic carbocycles. The fraction of sp³-hybridized carbons (Fsp3) is 0.417. The van der Waals surface area contributed by atoms with Crippen LogP contribution in [0.3, 0.4) is 0 Å². The van der Waals surface area contributed by atoms with Gasteiger partial charge in [-0.2, -0.15) is 0 Å². The van der Waals surface area contributed by atoms with E-state index < -0.39 is 5.41 Å². The summed E-state index contributed by atoms with van der Waals surface area (Å²) >= 11 is 5.85. The van der Waals surface area contributed by atoms with E-state index in [2.05, 4.69) is 0 Å². The summed E-state index contributed by atoms with van der Waals surface area (Å²) in [5, 5.41) is 0.478. The molecule has 0 N–H and O–H groups in total.